The highest BCUT2D eigenvalue weighted by Crippen LogP contribution is 2.35. The molecule has 4 aromatic rings. The summed E-state index contributed by atoms with van der Waals surface area (Å²) < 4.78 is 5.83. The van der Waals surface area contributed by atoms with Crippen molar-refractivity contribution in [2.24, 2.45) is 0 Å². The molecule has 3 aromatic carbocycles. The lowest BCUT2D eigenvalue weighted by Gasteiger charge is -2.42. The summed E-state index contributed by atoms with van der Waals surface area (Å²) in [7, 11) is 3.89. The van der Waals surface area contributed by atoms with Crippen LogP contribution in [0.1, 0.15) is 12.8 Å². The van der Waals surface area contributed by atoms with Crippen molar-refractivity contribution in [1.29, 1.82) is 0 Å². The van der Waals surface area contributed by atoms with E-state index in [1.165, 1.54) is 18.9 Å². The Morgan fingerprint density at radius 1 is 0.956 bits per heavy atom. The Hall–Kier alpha value is -4.38. The van der Waals surface area contributed by atoms with Crippen LogP contribution in [-0.2, 0) is 4.79 Å². The van der Waals surface area contributed by atoms with Gasteiger partial charge in [-0.3, -0.25) is 9.69 Å². The van der Waals surface area contributed by atoms with E-state index in [4.69, 9.17) is 26.3 Å². The molecule has 0 aliphatic carbocycles. The number of piperidine rings is 1. The zero-order chi connectivity index (χ0) is 31.3. The predicted molar refractivity (Wildman–Crippen MR) is 184 cm³/mol. The van der Waals surface area contributed by atoms with Gasteiger partial charge in [0.15, 0.2) is 0 Å². The Kier molecular flexibility index (Phi) is 9.34. The van der Waals surface area contributed by atoms with E-state index in [1.807, 2.05) is 36.4 Å². The number of carbonyl (C=O) groups excluding carboxylic acids is 1. The number of rotatable bonds is 9. The van der Waals surface area contributed by atoms with Crippen LogP contribution >= 0.6 is 11.6 Å². The molecule has 0 radical (unpaired) electrons. The number of carbonyl (C=O) groups is 1. The van der Waals surface area contributed by atoms with Gasteiger partial charge >= 0.3 is 0 Å². The first-order valence-electron chi connectivity index (χ1n) is 15.3. The lowest BCUT2D eigenvalue weighted by molar-refractivity contribution is -0.111. The number of piperazine rings is 1. The fraction of sp³-hybridized carbons (Fsp3) is 0.324. The monoisotopic (exact) mass is 626 g/mol. The molecule has 45 heavy (non-hydrogen) atoms. The zero-order valence-electron chi connectivity index (χ0n) is 25.7. The van der Waals surface area contributed by atoms with E-state index in [0.717, 1.165) is 61.7 Å². The lowest BCUT2D eigenvalue weighted by Crippen LogP contribution is -2.52. The molecule has 11 heteroatoms. The summed E-state index contributed by atoms with van der Waals surface area (Å²) in [4.78, 5) is 28.9. The van der Waals surface area contributed by atoms with Crippen LogP contribution in [0.4, 0.5) is 34.5 Å². The van der Waals surface area contributed by atoms with Gasteiger partial charge in [-0.2, -0.15) is 4.98 Å². The Morgan fingerprint density at radius 3 is 2.49 bits per heavy atom. The molecule has 0 saturated carbocycles. The Balaban J connectivity index is 1.20. The van der Waals surface area contributed by atoms with Gasteiger partial charge in [0.2, 0.25) is 11.9 Å². The van der Waals surface area contributed by atoms with Crippen LogP contribution in [0, 0.1) is 0 Å². The minimum Gasteiger partial charge on any atom is -0.494 e. The average molecular weight is 627 g/mol. The molecule has 0 atom stereocenters. The molecule has 2 aliphatic heterocycles. The molecule has 10 nitrogen and oxygen atoms in total. The maximum absolute atomic E-state index is 11.8. The first-order valence-corrected chi connectivity index (χ1v) is 15.7. The SMILES string of the molecule is C=CC(=O)Nc1cccc(Nc2nc(Nc3ccc(N4CCC(N5CCN(C)CC5)CC4)cc3OC)nc3ccc(Cl)cc23)c1. The van der Waals surface area contributed by atoms with E-state index in [0.29, 0.717) is 39.8 Å². The highest BCUT2D eigenvalue weighted by atomic mass is 35.5. The van der Waals surface area contributed by atoms with E-state index in [1.54, 1.807) is 19.2 Å². The van der Waals surface area contributed by atoms with Crippen molar-refractivity contribution in [3.8, 4) is 5.75 Å². The van der Waals surface area contributed by atoms with Crippen LogP contribution in [0.25, 0.3) is 10.9 Å². The van der Waals surface area contributed by atoms with E-state index in [9.17, 15) is 4.79 Å². The third kappa shape index (κ3) is 7.30. The predicted octanol–water partition coefficient (Wildman–Crippen LogP) is 6.12. The normalized spacial score (nSPS) is 16.4. The van der Waals surface area contributed by atoms with Gasteiger partial charge in [-0.15, -0.1) is 0 Å². The first kappa shape index (κ1) is 30.6. The molecular weight excluding hydrogens is 588 g/mol. The quantitative estimate of drug-likeness (QED) is 0.190. The zero-order valence-corrected chi connectivity index (χ0v) is 26.5. The second-order valence-corrected chi connectivity index (χ2v) is 12.0. The van der Waals surface area contributed by atoms with Gasteiger partial charge in [0, 0.05) is 78.8 Å². The number of methoxy groups -OCH3 is 1. The van der Waals surface area contributed by atoms with Gasteiger partial charge in [0.05, 0.1) is 18.3 Å². The van der Waals surface area contributed by atoms with Crippen molar-refractivity contribution >= 4 is 62.9 Å². The van der Waals surface area contributed by atoms with E-state index in [-0.39, 0.29) is 5.91 Å². The van der Waals surface area contributed by atoms with E-state index >= 15 is 0 Å². The Bertz CT molecular complexity index is 1680. The molecule has 1 amide bonds. The van der Waals surface area contributed by atoms with Gasteiger partial charge in [0.25, 0.3) is 0 Å². The fourth-order valence-electron chi connectivity index (χ4n) is 6.03. The molecule has 3 N–H and O–H groups in total. The number of hydrogen-bond donors (Lipinski definition) is 3. The molecule has 1 aromatic heterocycles. The summed E-state index contributed by atoms with van der Waals surface area (Å²) in [6.45, 7) is 10.2. The highest BCUT2D eigenvalue weighted by molar-refractivity contribution is 6.31. The van der Waals surface area contributed by atoms with E-state index in [2.05, 4.69) is 56.4 Å². The van der Waals surface area contributed by atoms with Crippen LogP contribution in [0.2, 0.25) is 5.02 Å². The molecule has 2 saturated heterocycles. The number of aromatic nitrogens is 2. The number of likely N-dealkylation sites (N-methyl/N-ethyl adjacent to an activating group) is 1. The van der Waals surface area contributed by atoms with Crippen LogP contribution in [0.5, 0.6) is 5.75 Å². The minimum atomic E-state index is -0.284. The third-order valence-electron chi connectivity index (χ3n) is 8.55. The third-order valence-corrected chi connectivity index (χ3v) is 8.79. The van der Waals surface area contributed by atoms with Crippen LogP contribution in [0.3, 0.4) is 0 Å². The maximum Gasteiger partial charge on any atom is 0.247 e. The first-order chi connectivity index (χ1) is 21.9. The topological polar surface area (TPSA) is 97.9 Å². The average Bonchev–Trinajstić information content (AvgIpc) is 3.06. The molecule has 2 fully saturated rings. The Morgan fingerprint density at radius 2 is 1.73 bits per heavy atom. The van der Waals surface area contributed by atoms with Gasteiger partial charge in [-0.25, -0.2) is 4.98 Å². The molecule has 234 valence electrons. The van der Waals surface area contributed by atoms with Gasteiger partial charge < -0.3 is 30.5 Å². The summed E-state index contributed by atoms with van der Waals surface area (Å²) in [5.41, 5.74) is 4.00. The minimum absolute atomic E-state index is 0.284. The summed E-state index contributed by atoms with van der Waals surface area (Å²) in [5, 5.41) is 10.9. The summed E-state index contributed by atoms with van der Waals surface area (Å²) in [5.74, 6) is 1.40. The smallest absolute Gasteiger partial charge is 0.247 e. The molecular formula is C34H39ClN8O2. The second kappa shape index (κ2) is 13.7. The summed E-state index contributed by atoms with van der Waals surface area (Å²) in [6, 6.07) is 19.8. The molecule has 3 heterocycles. The van der Waals surface area contributed by atoms with Crippen LogP contribution in [-0.4, -0.2) is 85.1 Å². The van der Waals surface area contributed by atoms with Crippen LogP contribution < -0.4 is 25.6 Å². The number of ether oxygens (including phenoxy) is 1. The van der Waals surface area contributed by atoms with Crippen molar-refractivity contribution < 1.29 is 9.53 Å². The molecule has 2 aliphatic rings. The number of nitrogens with one attached hydrogen (secondary N) is 3. The largest absolute Gasteiger partial charge is 0.494 e. The number of nitrogens with zero attached hydrogens (tertiary/aromatic N) is 5. The summed E-state index contributed by atoms with van der Waals surface area (Å²) >= 11 is 6.35. The molecule has 0 spiro atoms. The van der Waals surface area contributed by atoms with Crippen molar-refractivity contribution in [2.75, 3.05) is 74.3 Å². The van der Waals surface area contributed by atoms with Crippen LogP contribution in [0.15, 0.2) is 73.3 Å². The number of amides is 1. The maximum atomic E-state index is 11.8. The molecule has 0 unspecified atom stereocenters. The summed E-state index contributed by atoms with van der Waals surface area (Å²) in [6.07, 6.45) is 3.57. The molecule has 6 rings (SSSR count). The standard InChI is InChI=1S/C34H39ClN8O2/c1-4-32(44)36-24-6-5-7-25(21-24)37-33-28-20-23(35)8-10-29(28)38-34(40-33)39-30-11-9-27(22-31(30)45-3)42-14-12-26(13-15-42)43-18-16-41(2)17-19-43/h4-11,20-22,26H,1,12-19H2,2-3H3,(H,36,44)(H2,37,38,39,40). The van der Waals surface area contributed by atoms with Crippen molar-refractivity contribution in [3.63, 3.8) is 0 Å². The molecule has 0 bridgehead atoms. The number of benzene rings is 3. The van der Waals surface area contributed by atoms with Crippen molar-refractivity contribution in [3.05, 3.63) is 78.3 Å². The van der Waals surface area contributed by atoms with Gasteiger partial charge in [-0.1, -0.05) is 24.2 Å². The van der Waals surface area contributed by atoms with Gasteiger partial charge in [-0.05, 0) is 74.5 Å². The van der Waals surface area contributed by atoms with Crippen molar-refractivity contribution in [2.45, 2.75) is 18.9 Å². The number of hydrogen-bond acceptors (Lipinski definition) is 9. The van der Waals surface area contributed by atoms with Crippen molar-refractivity contribution in [1.82, 2.24) is 19.8 Å². The number of anilines is 6. The number of halogens is 1. The second-order valence-electron chi connectivity index (χ2n) is 11.5. The lowest BCUT2D eigenvalue weighted by atomic mass is 10.0. The van der Waals surface area contributed by atoms with E-state index < -0.39 is 0 Å². The fourth-order valence-corrected chi connectivity index (χ4v) is 6.21. The number of fused-ring (bicyclic) bond motifs is 1. The highest BCUT2D eigenvalue weighted by Gasteiger charge is 2.27. The van der Waals surface area contributed by atoms with Gasteiger partial charge in [0.1, 0.15) is 11.6 Å². The Labute approximate surface area is 269 Å².